The molecule has 1 aliphatic carbocycles. The Balaban J connectivity index is 2.46. The van der Waals surface area contributed by atoms with E-state index in [0.29, 0.717) is 5.88 Å². The monoisotopic (exact) mass is 180 g/mol. The van der Waals surface area contributed by atoms with E-state index in [1.807, 2.05) is 0 Å². The van der Waals surface area contributed by atoms with Gasteiger partial charge in [-0.15, -0.1) is 11.6 Å². The summed E-state index contributed by atoms with van der Waals surface area (Å²) in [6, 6.07) is 0. The number of allylic oxidation sites excluding steroid dienone is 6. The van der Waals surface area contributed by atoms with Crippen LogP contribution in [-0.2, 0) is 0 Å². The third kappa shape index (κ3) is 2.38. The molecule has 0 aromatic rings. The summed E-state index contributed by atoms with van der Waals surface area (Å²) < 4.78 is 0. The van der Waals surface area contributed by atoms with E-state index in [9.17, 15) is 0 Å². The Kier molecular flexibility index (Phi) is 3.36. The average Bonchev–Trinajstić information content (AvgIpc) is 2.55. The highest BCUT2D eigenvalue weighted by atomic mass is 35.5. The topological polar surface area (TPSA) is 0 Å². The molecule has 0 N–H and O–H groups in total. The molecule has 0 nitrogen and oxygen atoms in total. The van der Waals surface area contributed by atoms with Crippen molar-refractivity contribution < 1.29 is 0 Å². The summed E-state index contributed by atoms with van der Waals surface area (Å²) in [4.78, 5) is 0. The van der Waals surface area contributed by atoms with E-state index in [1.54, 1.807) is 0 Å². The molecule has 12 heavy (non-hydrogen) atoms. The number of alkyl halides is 1. The predicted octanol–water partition coefficient (Wildman–Crippen LogP) is 3.61. The fourth-order valence-electron chi connectivity index (χ4n) is 1.10. The van der Waals surface area contributed by atoms with Crippen LogP contribution in [0.25, 0.3) is 0 Å². The second-order valence-electron chi connectivity index (χ2n) is 2.93. The summed E-state index contributed by atoms with van der Waals surface area (Å²) in [5.41, 5.74) is 3.31. The molecular weight excluding hydrogens is 168 g/mol. The zero-order valence-corrected chi connectivity index (χ0v) is 7.90. The van der Waals surface area contributed by atoms with Gasteiger partial charge in [0.25, 0.3) is 0 Å². The quantitative estimate of drug-likeness (QED) is 0.458. The number of hydrogen-bond acceptors (Lipinski definition) is 0. The predicted molar refractivity (Wildman–Crippen MR) is 55.5 cm³/mol. The maximum absolute atomic E-state index is 5.63. The molecule has 0 fully saturated rings. The van der Waals surface area contributed by atoms with Gasteiger partial charge in [-0.05, 0) is 29.6 Å². The largest absolute Gasteiger partial charge is 0.122 e. The van der Waals surface area contributed by atoms with Crippen molar-refractivity contribution in [1.82, 2.24) is 0 Å². The average molecular weight is 181 g/mol. The maximum Gasteiger partial charge on any atom is 0.0470 e. The molecular formula is C11H13Cl. The van der Waals surface area contributed by atoms with Crippen LogP contribution < -0.4 is 0 Å². The van der Waals surface area contributed by atoms with Crippen molar-refractivity contribution >= 4 is 11.6 Å². The van der Waals surface area contributed by atoms with Gasteiger partial charge in [0.2, 0.25) is 0 Å². The lowest BCUT2D eigenvalue weighted by atomic mass is 10.0. The summed E-state index contributed by atoms with van der Waals surface area (Å²) in [6.07, 6.45) is 8.42. The van der Waals surface area contributed by atoms with E-state index in [4.69, 9.17) is 11.6 Å². The van der Waals surface area contributed by atoms with Gasteiger partial charge in [0.05, 0.1) is 0 Å². The van der Waals surface area contributed by atoms with Crippen LogP contribution in [-0.4, -0.2) is 5.88 Å². The standard InChI is InChI=1S/C11H13Cl/c1-9(10(2)8-12)7-11-5-3-4-6-11/h3,5-6H,1-2,4,7-8H2. The van der Waals surface area contributed by atoms with Gasteiger partial charge < -0.3 is 0 Å². The molecule has 1 rings (SSSR count). The zero-order valence-electron chi connectivity index (χ0n) is 7.15. The number of halogens is 1. The van der Waals surface area contributed by atoms with Crippen LogP contribution in [0, 0.1) is 0 Å². The molecule has 0 bridgehead atoms. The van der Waals surface area contributed by atoms with E-state index < -0.39 is 0 Å². The molecule has 0 saturated heterocycles. The van der Waals surface area contributed by atoms with Crippen molar-refractivity contribution in [3.05, 3.63) is 48.1 Å². The van der Waals surface area contributed by atoms with Crippen LogP contribution in [0.2, 0.25) is 0 Å². The van der Waals surface area contributed by atoms with Gasteiger partial charge in [0.15, 0.2) is 0 Å². The molecule has 0 radical (unpaired) electrons. The summed E-state index contributed by atoms with van der Waals surface area (Å²) >= 11 is 5.63. The molecule has 0 atom stereocenters. The first-order valence-electron chi connectivity index (χ1n) is 4.01. The van der Waals surface area contributed by atoms with Crippen LogP contribution in [0.5, 0.6) is 0 Å². The second-order valence-corrected chi connectivity index (χ2v) is 3.20. The van der Waals surface area contributed by atoms with Crippen molar-refractivity contribution in [2.24, 2.45) is 0 Å². The highest BCUT2D eigenvalue weighted by Gasteiger charge is 2.03. The molecule has 1 aliphatic rings. The van der Waals surface area contributed by atoms with Crippen LogP contribution in [0.4, 0.5) is 0 Å². The minimum Gasteiger partial charge on any atom is -0.122 e. The highest BCUT2D eigenvalue weighted by molar-refractivity contribution is 6.19. The van der Waals surface area contributed by atoms with Crippen LogP contribution >= 0.6 is 11.6 Å². The Morgan fingerprint density at radius 3 is 2.67 bits per heavy atom. The van der Waals surface area contributed by atoms with Gasteiger partial charge in [0, 0.05) is 5.88 Å². The van der Waals surface area contributed by atoms with E-state index in [2.05, 4.69) is 31.4 Å². The third-order valence-electron chi connectivity index (χ3n) is 1.93. The molecule has 0 aromatic carbocycles. The van der Waals surface area contributed by atoms with Crippen molar-refractivity contribution in [3.63, 3.8) is 0 Å². The maximum atomic E-state index is 5.63. The van der Waals surface area contributed by atoms with Crippen LogP contribution in [0.3, 0.4) is 0 Å². The molecule has 64 valence electrons. The Morgan fingerprint density at radius 1 is 1.42 bits per heavy atom. The van der Waals surface area contributed by atoms with E-state index >= 15 is 0 Å². The minimum absolute atomic E-state index is 0.482. The number of rotatable bonds is 4. The summed E-state index contributed by atoms with van der Waals surface area (Å²) in [5.74, 6) is 0.482. The summed E-state index contributed by atoms with van der Waals surface area (Å²) in [6.45, 7) is 7.76. The molecule has 0 saturated carbocycles. The van der Waals surface area contributed by atoms with Crippen LogP contribution in [0.1, 0.15) is 12.8 Å². The normalized spacial score (nSPS) is 14.6. The molecule has 0 amide bonds. The first-order chi connectivity index (χ1) is 5.74. The fourth-order valence-corrected chi connectivity index (χ4v) is 1.29. The van der Waals surface area contributed by atoms with Gasteiger partial charge in [0.1, 0.15) is 0 Å². The lowest BCUT2D eigenvalue weighted by molar-refractivity contribution is 1.17. The van der Waals surface area contributed by atoms with Gasteiger partial charge >= 0.3 is 0 Å². The van der Waals surface area contributed by atoms with Crippen LogP contribution in [0.15, 0.2) is 48.1 Å². The molecule has 0 heterocycles. The van der Waals surface area contributed by atoms with Gasteiger partial charge in [-0.3, -0.25) is 0 Å². The van der Waals surface area contributed by atoms with Gasteiger partial charge in [-0.2, -0.15) is 0 Å². The SMILES string of the molecule is C=C(CCl)C(=C)CC1=CCC=C1. The minimum atomic E-state index is 0.482. The van der Waals surface area contributed by atoms with Crippen molar-refractivity contribution in [3.8, 4) is 0 Å². The van der Waals surface area contributed by atoms with E-state index in [1.165, 1.54) is 5.57 Å². The molecule has 0 unspecified atom stereocenters. The Hall–Kier alpha value is -0.750. The Bertz CT molecular complexity index is 256. The second kappa shape index (κ2) is 4.32. The molecule has 1 heteroatoms. The van der Waals surface area contributed by atoms with E-state index in [0.717, 1.165) is 24.0 Å². The number of hydrogen-bond donors (Lipinski definition) is 0. The summed E-state index contributed by atoms with van der Waals surface area (Å²) in [7, 11) is 0. The Morgan fingerprint density at radius 2 is 2.17 bits per heavy atom. The molecule has 0 aromatic heterocycles. The van der Waals surface area contributed by atoms with Crippen molar-refractivity contribution in [2.75, 3.05) is 5.88 Å². The van der Waals surface area contributed by atoms with Crippen molar-refractivity contribution in [1.29, 1.82) is 0 Å². The molecule has 0 aliphatic heterocycles. The highest BCUT2D eigenvalue weighted by Crippen LogP contribution is 2.21. The van der Waals surface area contributed by atoms with Gasteiger partial charge in [-0.25, -0.2) is 0 Å². The van der Waals surface area contributed by atoms with Crippen molar-refractivity contribution in [2.45, 2.75) is 12.8 Å². The summed E-state index contributed by atoms with van der Waals surface area (Å²) in [5, 5.41) is 0. The lowest BCUT2D eigenvalue weighted by Gasteiger charge is -2.05. The molecule has 0 spiro atoms. The van der Waals surface area contributed by atoms with E-state index in [-0.39, 0.29) is 0 Å². The zero-order chi connectivity index (χ0) is 8.97. The third-order valence-corrected chi connectivity index (χ3v) is 2.25. The fraction of sp³-hybridized carbons (Fsp3) is 0.273. The first kappa shape index (κ1) is 9.34. The first-order valence-corrected chi connectivity index (χ1v) is 4.55. The lowest BCUT2D eigenvalue weighted by Crippen LogP contribution is -1.89. The van der Waals surface area contributed by atoms with Gasteiger partial charge in [-0.1, -0.05) is 31.4 Å². The Labute approximate surface area is 78.9 Å². The smallest absolute Gasteiger partial charge is 0.0470 e.